The van der Waals surface area contributed by atoms with Crippen molar-refractivity contribution in [1.29, 1.82) is 0 Å². The Morgan fingerprint density at radius 1 is 1.17 bits per heavy atom. The molecule has 0 saturated carbocycles. The summed E-state index contributed by atoms with van der Waals surface area (Å²) in [7, 11) is 0. The summed E-state index contributed by atoms with van der Waals surface area (Å²) in [6.45, 7) is 1.28. The molecule has 6 nitrogen and oxygen atoms in total. The van der Waals surface area contributed by atoms with E-state index in [2.05, 4.69) is 5.32 Å². The van der Waals surface area contributed by atoms with Gasteiger partial charge in [0.05, 0.1) is 0 Å². The van der Waals surface area contributed by atoms with Crippen molar-refractivity contribution in [2.45, 2.75) is 38.5 Å². The van der Waals surface area contributed by atoms with Crippen LogP contribution >= 0.6 is 0 Å². The minimum Gasteiger partial charge on any atom is -0.354 e. The number of nitrogens with one attached hydrogen (secondary N) is 1. The second kappa shape index (κ2) is 7.81. The molecule has 1 saturated heterocycles. The van der Waals surface area contributed by atoms with Crippen molar-refractivity contribution in [2.75, 3.05) is 19.6 Å². The molecule has 3 N–H and O–H groups in total. The summed E-state index contributed by atoms with van der Waals surface area (Å²) in [6.07, 6.45) is 3.78. The largest absolute Gasteiger partial charge is 0.354 e. The molecule has 18 heavy (non-hydrogen) atoms. The summed E-state index contributed by atoms with van der Waals surface area (Å²) in [5, 5.41) is 2.71. The number of hydrogen-bond acceptors (Lipinski definition) is 4. The second-order valence-electron chi connectivity index (χ2n) is 4.39. The Hall–Kier alpha value is -1.43. The molecule has 0 unspecified atom stereocenters. The number of unbranched alkanes of at least 4 members (excludes halogenated alkanes) is 2. The van der Waals surface area contributed by atoms with Crippen LogP contribution in [-0.4, -0.2) is 42.3 Å². The second-order valence-corrected chi connectivity index (χ2v) is 4.39. The smallest absolute Gasteiger partial charge is 0.229 e. The fraction of sp³-hybridized carbons (Fsp3) is 0.750. The number of nitrogens with two attached hydrogens (primary N) is 1. The molecule has 1 rings (SSSR count). The molecule has 0 bridgehead atoms. The minimum atomic E-state index is -0.141. The van der Waals surface area contributed by atoms with Crippen LogP contribution in [0, 0.1) is 0 Å². The Kier molecular flexibility index (Phi) is 6.35. The first-order valence-electron chi connectivity index (χ1n) is 6.45. The van der Waals surface area contributed by atoms with E-state index in [1.165, 1.54) is 4.90 Å². The third kappa shape index (κ3) is 4.83. The zero-order valence-electron chi connectivity index (χ0n) is 10.6. The van der Waals surface area contributed by atoms with Gasteiger partial charge in [0.1, 0.15) is 0 Å². The summed E-state index contributed by atoms with van der Waals surface area (Å²) < 4.78 is 0. The zero-order chi connectivity index (χ0) is 13.4. The fourth-order valence-corrected chi connectivity index (χ4v) is 1.87. The summed E-state index contributed by atoms with van der Waals surface area (Å²) in [4.78, 5) is 35.2. The van der Waals surface area contributed by atoms with Crippen molar-refractivity contribution in [2.24, 2.45) is 5.73 Å². The van der Waals surface area contributed by atoms with Crippen LogP contribution in [0.4, 0.5) is 0 Å². The van der Waals surface area contributed by atoms with E-state index in [1.54, 1.807) is 0 Å². The highest BCUT2D eigenvalue weighted by atomic mass is 16.2. The Labute approximate surface area is 107 Å². The highest BCUT2D eigenvalue weighted by molar-refractivity contribution is 6.01. The highest BCUT2D eigenvalue weighted by Gasteiger charge is 2.28. The van der Waals surface area contributed by atoms with Crippen LogP contribution in [0.2, 0.25) is 0 Å². The van der Waals surface area contributed by atoms with Crippen molar-refractivity contribution in [3.05, 3.63) is 0 Å². The van der Waals surface area contributed by atoms with Gasteiger partial charge in [-0.3, -0.25) is 19.3 Å². The van der Waals surface area contributed by atoms with E-state index in [9.17, 15) is 14.4 Å². The quantitative estimate of drug-likeness (QED) is 0.463. The van der Waals surface area contributed by atoms with Crippen LogP contribution in [-0.2, 0) is 14.4 Å². The zero-order valence-corrected chi connectivity index (χ0v) is 10.6. The van der Waals surface area contributed by atoms with Crippen molar-refractivity contribution in [3.63, 3.8) is 0 Å². The molecule has 0 aromatic heterocycles. The molecular weight excluding hydrogens is 234 g/mol. The van der Waals surface area contributed by atoms with Crippen LogP contribution < -0.4 is 11.1 Å². The normalized spacial score (nSPS) is 15.3. The molecule has 102 valence electrons. The maximum absolute atomic E-state index is 11.4. The van der Waals surface area contributed by atoms with Crippen LogP contribution in [0.25, 0.3) is 0 Å². The number of nitrogens with zero attached hydrogens (tertiary/aromatic N) is 1. The van der Waals surface area contributed by atoms with E-state index < -0.39 is 0 Å². The topological polar surface area (TPSA) is 92.5 Å². The maximum Gasteiger partial charge on any atom is 0.229 e. The Morgan fingerprint density at radius 2 is 1.83 bits per heavy atom. The molecular formula is C12H21N3O3. The van der Waals surface area contributed by atoms with E-state index >= 15 is 0 Å². The Morgan fingerprint density at radius 3 is 2.44 bits per heavy atom. The maximum atomic E-state index is 11.4. The summed E-state index contributed by atoms with van der Waals surface area (Å²) >= 11 is 0. The Bertz CT molecular complexity index is 302. The molecule has 1 heterocycles. The number of rotatable bonds is 8. The third-order valence-corrected chi connectivity index (χ3v) is 2.92. The first kappa shape index (κ1) is 14.6. The van der Waals surface area contributed by atoms with Crippen LogP contribution in [0.1, 0.15) is 38.5 Å². The fourth-order valence-electron chi connectivity index (χ4n) is 1.87. The highest BCUT2D eigenvalue weighted by Crippen LogP contribution is 2.10. The number of hydrogen-bond donors (Lipinski definition) is 2. The SMILES string of the molecule is NCCCCCC(=O)NCCN1C(=O)CCC1=O. The predicted octanol–water partition coefficient (Wildman–Crippen LogP) is -0.229. The summed E-state index contributed by atoms with van der Waals surface area (Å²) in [5.74, 6) is -0.319. The van der Waals surface area contributed by atoms with E-state index in [0.717, 1.165) is 19.3 Å². The first-order chi connectivity index (χ1) is 8.65. The van der Waals surface area contributed by atoms with Crippen molar-refractivity contribution in [3.8, 4) is 0 Å². The molecule has 1 aliphatic rings. The first-order valence-corrected chi connectivity index (χ1v) is 6.45. The number of likely N-dealkylation sites (tertiary alicyclic amines) is 1. The molecule has 0 radical (unpaired) electrons. The molecule has 0 spiro atoms. The van der Waals surface area contributed by atoms with Gasteiger partial charge in [0, 0.05) is 32.4 Å². The van der Waals surface area contributed by atoms with E-state index in [0.29, 0.717) is 32.4 Å². The molecule has 6 heteroatoms. The van der Waals surface area contributed by atoms with E-state index in [1.807, 2.05) is 0 Å². The van der Waals surface area contributed by atoms with E-state index in [4.69, 9.17) is 5.73 Å². The van der Waals surface area contributed by atoms with Crippen molar-refractivity contribution < 1.29 is 14.4 Å². The van der Waals surface area contributed by atoms with Gasteiger partial charge in [0.25, 0.3) is 0 Å². The molecule has 0 aromatic rings. The van der Waals surface area contributed by atoms with Crippen LogP contribution in [0.3, 0.4) is 0 Å². The lowest BCUT2D eigenvalue weighted by Crippen LogP contribution is -2.37. The van der Waals surface area contributed by atoms with Crippen LogP contribution in [0.5, 0.6) is 0 Å². The standard InChI is InChI=1S/C12H21N3O3/c13-7-3-1-2-4-10(16)14-8-9-15-11(17)5-6-12(15)18/h1-9,13H2,(H,14,16). The number of imide groups is 1. The number of carbonyl (C=O) groups is 3. The molecule has 0 atom stereocenters. The average Bonchev–Trinajstić information content (AvgIpc) is 2.66. The van der Waals surface area contributed by atoms with Gasteiger partial charge in [-0.25, -0.2) is 0 Å². The van der Waals surface area contributed by atoms with Gasteiger partial charge in [-0.15, -0.1) is 0 Å². The van der Waals surface area contributed by atoms with Gasteiger partial charge in [0.15, 0.2) is 0 Å². The van der Waals surface area contributed by atoms with Gasteiger partial charge in [-0.05, 0) is 19.4 Å². The molecule has 0 aliphatic carbocycles. The lowest BCUT2D eigenvalue weighted by atomic mass is 10.2. The Balaban J connectivity index is 2.08. The summed E-state index contributed by atoms with van der Waals surface area (Å²) in [6, 6.07) is 0. The average molecular weight is 255 g/mol. The van der Waals surface area contributed by atoms with Gasteiger partial charge in [-0.2, -0.15) is 0 Å². The van der Waals surface area contributed by atoms with Crippen molar-refractivity contribution >= 4 is 17.7 Å². The molecule has 0 aromatic carbocycles. The van der Waals surface area contributed by atoms with Gasteiger partial charge < -0.3 is 11.1 Å². The number of amides is 3. The lowest BCUT2D eigenvalue weighted by molar-refractivity contribution is -0.138. The van der Waals surface area contributed by atoms with Crippen LogP contribution in [0.15, 0.2) is 0 Å². The molecule has 1 fully saturated rings. The molecule has 3 amide bonds. The molecule has 1 aliphatic heterocycles. The minimum absolute atomic E-state index is 0.0360. The monoisotopic (exact) mass is 255 g/mol. The van der Waals surface area contributed by atoms with Gasteiger partial charge in [-0.1, -0.05) is 6.42 Å². The van der Waals surface area contributed by atoms with Gasteiger partial charge in [0.2, 0.25) is 17.7 Å². The lowest BCUT2D eigenvalue weighted by Gasteiger charge is -2.13. The number of carbonyl (C=O) groups excluding carboxylic acids is 3. The third-order valence-electron chi connectivity index (χ3n) is 2.92. The van der Waals surface area contributed by atoms with E-state index in [-0.39, 0.29) is 24.3 Å². The van der Waals surface area contributed by atoms with Gasteiger partial charge >= 0.3 is 0 Å². The van der Waals surface area contributed by atoms with Crippen molar-refractivity contribution in [1.82, 2.24) is 10.2 Å². The predicted molar refractivity (Wildman–Crippen MR) is 66.5 cm³/mol. The summed E-state index contributed by atoms with van der Waals surface area (Å²) in [5.41, 5.74) is 5.35.